The number of fused-ring (bicyclic) bond motifs is 2. The highest BCUT2D eigenvalue weighted by molar-refractivity contribution is 6.04. The maximum Gasteiger partial charge on any atom is 0.264 e. The van der Waals surface area contributed by atoms with Crippen LogP contribution in [0.15, 0.2) is 96.2 Å². The van der Waals surface area contributed by atoms with E-state index in [9.17, 15) is 9.59 Å². The third-order valence-electron chi connectivity index (χ3n) is 6.36. The minimum Gasteiger partial charge on any atom is -0.382 e. The first-order valence-electron chi connectivity index (χ1n) is 12.6. The van der Waals surface area contributed by atoms with E-state index in [1.54, 1.807) is 39.8 Å². The predicted octanol–water partition coefficient (Wildman–Crippen LogP) is 3.70. The van der Waals surface area contributed by atoms with E-state index in [0.717, 1.165) is 34.3 Å². The van der Waals surface area contributed by atoms with Crippen LogP contribution in [0.4, 0.5) is 5.82 Å². The van der Waals surface area contributed by atoms with Crippen LogP contribution in [0.2, 0.25) is 0 Å². The first-order chi connectivity index (χ1) is 19.4. The van der Waals surface area contributed by atoms with Gasteiger partial charge in [-0.1, -0.05) is 55.2 Å². The first-order valence-corrected chi connectivity index (χ1v) is 12.6. The van der Waals surface area contributed by atoms with Crippen molar-refractivity contribution >= 4 is 28.0 Å². The molecule has 4 N–H and O–H groups in total. The van der Waals surface area contributed by atoms with Gasteiger partial charge in [0, 0.05) is 36.4 Å². The van der Waals surface area contributed by atoms with Crippen molar-refractivity contribution in [2.75, 3.05) is 5.73 Å². The lowest BCUT2D eigenvalue weighted by molar-refractivity contribution is 0.100. The smallest absolute Gasteiger partial charge is 0.264 e. The van der Waals surface area contributed by atoms with E-state index in [1.807, 2.05) is 61.8 Å². The average Bonchev–Trinajstić information content (AvgIpc) is 3.53. The van der Waals surface area contributed by atoms with Gasteiger partial charge in [-0.05, 0) is 48.2 Å². The molecule has 40 heavy (non-hydrogen) atoms. The summed E-state index contributed by atoms with van der Waals surface area (Å²) >= 11 is 0. The van der Waals surface area contributed by atoms with Crippen LogP contribution in [0.5, 0.6) is 0 Å². The lowest BCUT2D eigenvalue weighted by Crippen LogP contribution is -2.22. The zero-order valence-corrected chi connectivity index (χ0v) is 22.1. The number of pyridine rings is 2. The van der Waals surface area contributed by atoms with Gasteiger partial charge in [0.05, 0.1) is 22.7 Å². The number of hydrogen-bond donors (Lipinski definition) is 2. The van der Waals surface area contributed by atoms with E-state index >= 15 is 0 Å². The molecule has 0 atom stereocenters. The monoisotopic (exact) mass is 529 g/mol. The molecule has 6 rings (SSSR count). The summed E-state index contributed by atoms with van der Waals surface area (Å²) in [5, 5.41) is 9.63. The summed E-state index contributed by atoms with van der Waals surface area (Å²) in [6.45, 7) is 2.06. The van der Waals surface area contributed by atoms with Crippen molar-refractivity contribution in [1.29, 1.82) is 0 Å². The summed E-state index contributed by atoms with van der Waals surface area (Å²) in [6, 6.07) is 23.0. The fourth-order valence-corrected chi connectivity index (χ4v) is 4.53. The number of amides is 1. The number of nitrogens with zero attached hydrogens (tertiary/aromatic N) is 5. The summed E-state index contributed by atoms with van der Waals surface area (Å²) in [5.41, 5.74) is 15.0. The number of carbonyl (C=O) groups is 1. The van der Waals surface area contributed by atoms with Crippen molar-refractivity contribution in [3.05, 3.63) is 124 Å². The van der Waals surface area contributed by atoms with Crippen molar-refractivity contribution in [3.8, 4) is 17.5 Å². The number of anilines is 1. The Morgan fingerprint density at radius 3 is 2.48 bits per heavy atom. The Morgan fingerprint density at radius 2 is 1.77 bits per heavy atom. The van der Waals surface area contributed by atoms with Crippen LogP contribution in [-0.2, 0) is 13.5 Å². The minimum atomic E-state index is -0.557. The Hall–Kier alpha value is -5.62. The number of nitrogens with two attached hydrogens (primary N) is 2. The molecule has 0 aliphatic carbocycles. The number of rotatable bonds is 3. The van der Waals surface area contributed by atoms with Gasteiger partial charge in [-0.25, -0.2) is 4.52 Å². The van der Waals surface area contributed by atoms with E-state index in [1.165, 1.54) is 4.52 Å². The molecule has 0 spiro atoms. The number of hydrogen-bond acceptors (Lipinski definition) is 5. The summed E-state index contributed by atoms with van der Waals surface area (Å²) in [5.74, 6) is 5.87. The number of aryl methyl sites for hydroxylation is 2. The largest absolute Gasteiger partial charge is 0.382 e. The van der Waals surface area contributed by atoms with E-state index in [-0.39, 0.29) is 16.9 Å². The standard InChI is InChI=1S/C23H19N3O.C8H8N4O/c1-3-20-14-19-9-7-8-18(13-12-17-15-24-25(2)16-17)22(19)23(27)26(20)21-10-5-4-6-11-21;9-7-6(8(10)13)5-3-1-2-4-12(5)11-7/h4-11,14-16H,3H2,1-2H3;1-4H,(H2,9,11)(H2,10,13). The van der Waals surface area contributed by atoms with Gasteiger partial charge in [-0.3, -0.25) is 18.8 Å². The molecule has 4 heterocycles. The normalized spacial score (nSPS) is 10.6. The summed E-state index contributed by atoms with van der Waals surface area (Å²) in [6.07, 6.45) is 6.05. The summed E-state index contributed by atoms with van der Waals surface area (Å²) < 4.78 is 5.02. The van der Waals surface area contributed by atoms with Crippen molar-refractivity contribution < 1.29 is 4.79 Å². The maximum absolute atomic E-state index is 13.4. The fraction of sp³-hybridized carbons (Fsp3) is 0.0968. The number of primary amides is 1. The van der Waals surface area contributed by atoms with Gasteiger partial charge < -0.3 is 11.5 Å². The van der Waals surface area contributed by atoms with E-state index in [4.69, 9.17) is 11.5 Å². The molecule has 9 nitrogen and oxygen atoms in total. The van der Waals surface area contributed by atoms with Gasteiger partial charge >= 0.3 is 0 Å². The van der Waals surface area contributed by atoms with Crippen LogP contribution in [0.25, 0.3) is 22.0 Å². The molecule has 198 valence electrons. The molecule has 0 saturated heterocycles. The highest BCUT2D eigenvalue weighted by Crippen LogP contribution is 2.20. The Balaban J connectivity index is 0.000000207. The first kappa shape index (κ1) is 26.0. The molecule has 0 saturated carbocycles. The van der Waals surface area contributed by atoms with Crippen LogP contribution in [0, 0.1) is 11.8 Å². The molecule has 4 aromatic heterocycles. The van der Waals surface area contributed by atoms with Crippen LogP contribution in [0.1, 0.15) is 34.1 Å². The molecule has 0 aliphatic heterocycles. The third kappa shape index (κ3) is 5.06. The van der Waals surface area contributed by atoms with Gasteiger partial charge in [0.25, 0.3) is 11.5 Å². The quantitative estimate of drug-likeness (QED) is 0.338. The highest BCUT2D eigenvalue weighted by Gasteiger charge is 2.14. The van der Waals surface area contributed by atoms with E-state index in [2.05, 4.69) is 35.0 Å². The lowest BCUT2D eigenvalue weighted by Gasteiger charge is -2.14. The fourth-order valence-electron chi connectivity index (χ4n) is 4.53. The van der Waals surface area contributed by atoms with Crippen LogP contribution >= 0.6 is 0 Å². The second-order valence-corrected chi connectivity index (χ2v) is 9.04. The van der Waals surface area contributed by atoms with E-state index < -0.39 is 5.91 Å². The predicted molar refractivity (Wildman–Crippen MR) is 156 cm³/mol. The van der Waals surface area contributed by atoms with Crippen molar-refractivity contribution in [2.45, 2.75) is 13.3 Å². The SMILES string of the molecule is CCc1cc2cccc(C#Cc3cnn(C)c3)c2c(=O)n1-c1ccccc1.NC(=O)c1c(N)nn2ccccc12. The van der Waals surface area contributed by atoms with Crippen LogP contribution < -0.4 is 17.0 Å². The van der Waals surface area contributed by atoms with Crippen molar-refractivity contribution in [1.82, 2.24) is 24.0 Å². The Morgan fingerprint density at radius 1 is 1.00 bits per heavy atom. The topological polar surface area (TPSA) is 126 Å². The molecule has 0 bridgehead atoms. The molecular weight excluding hydrogens is 502 g/mol. The lowest BCUT2D eigenvalue weighted by atomic mass is 10.0. The number of para-hydroxylation sites is 1. The molecule has 0 unspecified atom stereocenters. The number of carbonyl (C=O) groups excluding carboxylic acids is 1. The highest BCUT2D eigenvalue weighted by atomic mass is 16.1. The average molecular weight is 530 g/mol. The Labute approximate surface area is 230 Å². The second-order valence-electron chi connectivity index (χ2n) is 9.04. The zero-order chi connectivity index (χ0) is 28.2. The summed E-state index contributed by atoms with van der Waals surface area (Å²) in [4.78, 5) is 24.4. The van der Waals surface area contributed by atoms with Gasteiger partial charge in [0.1, 0.15) is 5.56 Å². The molecule has 9 heteroatoms. The molecule has 0 fully saturated rings. The Bertz CT molecular complexity index is 1970. The number of aromatic nitrogens is 5. The van der Waals surface area contributed by atoms with Crippen LogP contribution in [-0.4, -0.2) is 29.9 Å². The van der Waals surface area contributed by atoms with Gasteiger partial charge in [-0.15, -0.1) is 5.10 Å². The van der Waals surface area contributed by atoms with Crippen molar-refractivity contribution in [2.24, 2.45) is 12.8 Å². The molecule has 0 aliphatic rings. The van der Waals surface area contributed by atoms with Crippen LogP contribution in [0.3, 0.4) is 0 Å². The van der Waals surface area contributed by atoms with Crippen molar-refractivity contribution in [3.63, 3.8) is 0 Å². The molecule has 2 aromatic carbocycles. The Kier molecular flexibility index (Phi) is 7.16. The minimum absolute atomic E-state index is 0.0355. The second kappa shape index (κ2) is 11.0. The maximum atomic E-state index is 13.4. The van der Waals surface area contributed by atoms with Gasteiger partial charge in [0.2, 0.25) is 0 Å². The zero-order valence-electron chi connectivity index (χ0n) is 22.1. The van der Waals surface area contributed by atoms with Gasteiger partial charge in [-0.2, -0.15) is 5.10 Å². The molecule has 1 amide bonds. The molecule has 0 radical (unpaired) electrons. The summed E-state index contributed by atoms with van der Waals surface area (Å²) in [7, 11) is 1.86. The molecule has 6 aromatic rings. The number of benzene rings is 2. The van der Waals surface area contributed by atoms with Gasteiger partial charge in [0.15, 0.2) is 5.82 Å². The van der Waals surface area contributed by atoms with E-state index in [0.29, 0.717) is 10.9 Å². The third-order valence-corrected chi connectivity index (χ3v) is 6.36. The number of nitrogen functional groups attached to an aromatic ring is 1. The molecular formula is C31H27N7O2.